The maximum atomic E-state index is 9.03. The minimum atomic E-state index is -0.833. The van der Waals surface area contributed by atoms with E-state index in [-0.39, 0.29) is 6.10 Å². The van der Waals surface area contributed by atoms with Gasteiger partial charge in [-0.05, 0) is 0 Å². The standard InChI is InChI=1S/C9H12OSe.C2H4O2/c1-8(10)7-11-9-5-3-2-4-6-9;1-2(3)4/h2-6,8,10H,7H2,1H3;1H3,(H,3,4)/t8-;/m1./s1. The quantitative estimate of drug-likeness (QED) is 0.806. The van der Waals surface area contributed by atoms with Gasteiger partial charge in [0.2, 0.25) is 0 Å². The summed E-state index contributed by atoms with van der Waals surface area (Å²) < 4.78 is 1.36. The number of carbonyl (C=O) groups is 1. The Morgan fingerprint density at radius 2 is 1.87 bits per heavy atom. The van der Waals surface area contributed by atoms with E-state index in [9.17, 15) is 0 Å². The number of aliphatic hydroxyl groups is 1. The molecule has 0 aromatic heterocycles. The van der Waals surface area contributed by atoms with Gasteiger partial charge in [-0.15, -0.1) is 0 Å². The average Bonchev–Trinajstić information content (AvgIpc) is 2.15. The predicted octanol–water partition coefficient (Wildman–Crippen LogP) is 0.906. The number of carboxylic acid groups (broad SMARTS) is 1. The normalized spacial score (nSPS) is 11.1. The first-order chi connectivity index (χ1) is 7.02. The molecule has 0 unspecified atom stereocenters. The van der Waals surface area contributed by atoms with Crippen molar-refractivity contribution in [1.82, 2.24) is 0 Å². The Balaban J connectivity index is 0.000000423. The van der Waals surface area contributed by atoms with E-state index in [4.69, 9.17) is 15.0 Å². The number of aliphatic hydroxyl groups excluding tert-OH is 1. The molecule has 0 amide bonds. The molecule has 2 N–H and O–H groups in total. The predicted molar refractivity (Wildman–Crippen MR) is 61.6 cm³/mol. The molecule has 0 radical (unpaired) electrons. The third-order valence-corrected chi connectivity index (χ3v) is 3.87. The molecule has 1 aromatic carbocycles. The molecule has 15 heavy (non-hydrogen) atoms. The first kappa shape index (κ1) is 14.2. The van der Waals surface area contributed by atoms with Crippen LogP contribution in [0, 0.1) is 0 Å². The Bertz CT molecular complexity index is 268. The zero-order valence-corrected chi connectivity index (χ0v) is 10.6. The van der Waals surface area contributed by atoms with Gasteiger partial charge in [-0.1, -0.05) is 0 Å². The monoisotopic (exact) mass is 276 g/mol. The summed E-state index contributed by atoms with van der Waals surface area (Å²) in [5.74, 6) is -0.833. The van der Waals surface area contributed by atoms with Gasteiger partial charge in [-0.2, -0.15) is 0 Å². The van der Waals surface area contributed by atoms with Crippen LogP contribution in [-0.2, 0) is 4.79 Å². The third kappa shape index (κ3) is 11.1. The molecule has 4 heteroatoms. The molecule has 0 aliphatic heterocycles. The second-order valence-corrected chi connectivity index (χ2v) is 5.29. The fourth-order valence-corrected chi connectivity index (χ4v) is 2.38. The van der Waals surface area contributed by atoms with Gasteiger partial charge in [-0.3, -0.25) is 4.79 Å². The number of hydrogen-bond donors (Lipinski definition) is 2. The zero-order valence-electron chi connectivity index (χ0n) is 8.88. The summed E-state index contributed by atoms with van der Waals surface area (Å²) in [4.78, 5) is 9.00. The zero-order chi connectivity index (χ0) is 11.7. The summed E-state index contributed by atoms with van der Waals surface area (Å²) in [6.07, 6.45) is -0.157. The second-order valence-electron chi connectivity index (χ2n) is 2.99. The molecule has 0 heterocycles. The number of rotatable bonds is 3. The Kier molecular flexibility index (Phi) is 8.01. The van der Waals surface area contributed by atoms with E-state index >= 15 is 0 Å². The Morgan fingerprint density at radius 1 is 1.40 bits per heavy atom. The van der Waals surface area contributed by atoms with Crippen molar-refractivity contribution in [3.05, 3.63) is 30.3 Å². The summed E-state index contributed by atoms with van der Waals surface area (Å²) in [7, 11) is 0. The first-order valence-corrected chi connectivity index (χ1v) is 6.64. The first-order valence-electron chi connectivity index (χ1n) is 4.58. The van der Waals surface area contributed by atoms with E-state index in [0.29, 0.717) is 15.0 Å². The van der Waals surface area contributed by atoms with Crippen molar-refractivity contribution >= 4 is 25.4 Å². The Morgan fingerprint density at radius 3 is 2.27 bits per heavy atom. The second kappa shape index (κ2) is 8.48. The van der Waals surface area contributed by atoms with Crippen LogP contribution in [0.25, 0.3) is 0 Å². The maximum absolute atomic E-state index is 9.03. The van der Waals surface area contributed by atoms with Crippen LogP contribution in [0.4, 0.5) is 0 Å². The molecule has 1 rings (SSSR count). The van der Waals surface area contributed by atoms with Gasteiger partial charge in [0.15, 0.2) is 0 Å². The fraction of sp³-hybridized carbons (Fsp3) is 0.364. The molecule has 3 nitrogen and oxygen atoms in total. The Labute approximate surface area is 96.3 Å². The summed E-state index contributed by atoms with van der Waals surface area (Å²) in [5, 5.41) is 17.4. The fourth-order valence-electron chi connectivity index (χ4n) is 0.734. The number of carboxylic acids is 1. The van der Waals surface area contributed by atoms with E-state index in [1.165, 1.54) is 4.46 Å². The van der Waals surface area contributed by atoms with Gasteiger partial charge in [0.05, 0.1) is 0 Å². The topological polar surface area (TPSA) is 57.5 Å². The van der Waals surface area contributed by atoms with Crippen molar-refractivity contribution in [3.63, 3.8) is 0 Å². The van der Waals surface area contributed by atoms with Crippen molar-refractivity contribution in [3.8, 4) is 0 Å². The van der Waals surface area contributed by atoms with Crippen LogP contribution in [0.5, 0.6) is 0 Å². The van der Waals surface area contributed by atoms with E-state index in [1.807, 2.05) is 25.1 Å². The molecule has 0 fully saturated rings. The molecule has 0 saturated heterocycles. The third-order valence-electron chi connectivity index (χ3n) is 1.23. The molecule has 0 aliphatic rings. The molecule has 0 saturated carbocycles. The van der Waals surface area contributed by atoms with E-state index in [0.717, 1.165) is 12.2 Å². The summed E-state index contributed by atoms with van der Waals surface area (Å²) >= 11 is 0.440. The van der Waals surface area contributed by atoms with Gasteiger partial charge < -0.3 is 5.11 Å². The van der Waals surface area contributed by atoms with E-state index in [1.54, 1.807) is 0 Å². The molecule has 84 valence electrons. The number of aliphatic carboxylic acids is 1. The van der Waals surface area contributed by atoms with Crippen LogP contribution in [0.3, 0.4) is 0 Å². The van der Waals surface area contributed by atoms with Crippen LogP contribution in [0.1, 0.15) is 13.8 Å². The molecular formula is C11H16O3Se. The van der Waals surface area contributed by atoms with Crippen LogP contribution in [0.15, 0.2) is 30.3 Å². The van der Waals surface area contributed by atoms with Crippen LogP contribution in [-0.4, -0.2) is 37.2 Å². The number of benzene rings is 1. The van der Waals surface area contributed by atoms with Crippen LogP contribution >= 0.6 is 0 Å². The van der Waals surface area contributed by atoms with Crippen molar-refractivity contribution < 1.29 is 15.0 Å². The average molecular weight is 275 g/mol. The van der Waals surface area contributed by atoms with E-state index < -0.39 is 5.97 Å². The van der Waals surface area contributed by atoms with Gasteiger partial charge in [0.1, 0.15) is 0 Å². The van der Waals surface area contributed by atoms with Crippen LogP contribution < -0.4 is 4.46 Å². The molecule has 0 bridgehead atoms. The van der Waals surface area contributed by atoms with Gasteiger partial charge in [-0.25, -0.2) is 0 Å². The SMILES string of the molecule is CC(=O)O.C[C@@H](O)C[Se]c1ccccc1. The van der Waals surface area contributed by atoms with Crippen molar-refractivity contribution in [2.45, 2.75) is 25.3 Å². The van der Waals surface area contributed by atoms with Gasteiger partial charge in [0.25, 0.3) is 5.97 Å². The van der Waals surface area contributed by atoms with Gasteiger partial charge in [0, 0.05) is 6.92 Å². The van der Waals surface area contributed by atoms with Crippen molar-refractivity contribution in [2.24, 2.45) is 0 Å². The minimum absolute atomic E-state index is 0.157. The molecule has 0 spiro atoms. The summed E-state index contributed by atoms with van der Waals surface area (Å²) in [5.41, 5.74) is 0. The van der Waals surface area contributed by atoms with Gasteiger partial charge >= 0.3 is 73.2 Å². The molecule has 1 aromatic rings. The summed E-state index contributed by atoms with van der Waals surface area (Å²) in [6.45, 7) is 2.92. The molecular weight excluding hydrogens is 259 g/mol. The number of hydrogen-bond acceptors (Lipinski definition) is 2. The Hall–Kier alpha value is -0.831. The van der Waals surface area contributed by atoms with Crippen molar-refractivity contribution in [2.75, 3.05) is 0 Å². The molecule has 1 atom stereocenters. The summed E-state index contributed by atoms with van der Waals surface area (Å²) in [6, 6.07) is 10.3. The van der Waals surface area contributed by atoms with Crippen LogP contribution in [0.2, 0.25) is 5.32 Å². The van der Waals surface area contributed by atoms with E-state index in [2.05, 4.69) is 12.1 Å². The van der Waals surface area contributed by atoms with Crippen molar-refractivity contribution in [1.29, 1.82) is 0 Å². The molecule has 0 aliphatic carbocycles.